The molecule has 0 radical (unpaired) electrons. The highest BCUT2D eigenvalue weighted by Crippen LogP contribution is 2.25. The average molecular weight is 457 g/mol. The molecular weight excluding hydrogens is 428 g/mol. The van der Waals surface area contributed by atoms with Crippen molar-refractivity contribution in [2.45, 2.75) is 25.3 Å². The van der Waals surface area contributed by atoms with Gasteiger partial charge in [0.1, 0.15) is 7.11 Å². The lowest BCUT2D eigenvalue weighted by atomic mass is 10.0. The summed E-state index contributed by atoms with van der Waals surface area (Å²) in [5, 5.41) is 6.91. The van der Waals surface area contributed by atoms with E-state index in [1.807, 2.05) is 66.7 Å². The van der Waals surface area contributed by atoms with Gasteiger partial charge in [-0.1, -0.05) is 59.8 Å². The first-order chi connectivity index (χ1) is 16.5. The van der Waals surface area contributed by atoms with Crippen LogP contribution in [0.3, 0.4) is 0 Å². The molecule has 7 heteroatoms. The van der Waals surface area contributed by atoms with Crippen LogP contribution in [-0.2, 0) is 9.63 Å². The van der Waals surface area contributed by atoms with Gasteiger partial charge >= 0.3 is 0 Å². The zero-order valence-electron chi connectivity index (χ0n) is 19.1. The summed E-state index contributed by atoms with van der Waals surface area (Å²) in [7, 11) is 1.49. The molecule has 0 saturated carbocycles. The van der Waals surface area contributed by atoms with Crippen LogP contribution in [0.5, 0.6) is 0 Å². The molecule has 0 bridgehead atoms. The Bertz CT molecular complexity index is 1180. The number of nitrogen functional groups attached to an aromatic ring is 1. The Morgan fingerprint density at radius 3 is 2.38 bits per heavy atom. The van der Waals surface area contributed by atoms with Gasteiger partial charge < -0.3 is 20.8 Å². The van der Waals surface area contributed by atoms with Gasteiger partial charge in [0, 0.05) is 24.4 Å². The minimum Gasteiger partial charge on any atom is -0.399 e. The van der Waals surface area contributed by atoms with E-state index in [0.29, 0.717) is 36.3 Å². The average Bonchev–Trinajstić information content (AvgIpc) is 3.27. The fraction of sp³-hybridized carbons (Fsp3) is 0.222. The molecule has 3 N–H and O–H groups in total. The van der Waals surface area contributed by atoms with Crippen LogP contribution in [0, 0.1) is 0 Å². The molecule has 0 unspecified atom stereocenters. The first-order valence-corrected chi connectivity index (χ1v) is 11.2. The Morgan fingerprint density at radius 1 is 1.00 bits per heavy atom. The van der Waals surface area contributed by atoms with E-state index in [1.165, 1.54) is 7.11 Å². The van der Waals surface area contributed by atoms with Crippen LogP contribution in [0.4, 0.5) is 11.4 Å². The number of nitrogens with zero attached hydrogens (tertiary/aromatic N) is 2. The van der Waals surface area contributed by atoms with E-state index in [9.17, 15) is 9.59 Å². The number of rotatable bonds is 7. The SMILES string of the molecule is CON=C1C[C@@H](CCC(=O)Nc2ccccc2N)N(C(=O)c2ccc(-c3ccccc3)cc2)C1. The van der Waals surface area contributed by atoms with Crippen molar-refractivity contribution in [3.05, 3.63) is 84.4 Å². The second kappa shape index (κ2) is 10.7. The number of carbonyl (C=O) groups is 2. The smallest absolute Gasteiger partial charge is 0.254 e. The van der Waals surface area contributed by atoms with E-state index in [1.54, 1.807) is 17.0 Å². The number of para-hydroxylation sites is 2. The van der Waals surface area contributed by atoms with Gasteiger partial charge in [-0.25, -0.2) is 0 Å². The number of nitrogens with two attached hydrogens (primary N) is 1. The van der Waals surface area contributed by atoms with E-state index in [0.717, 1.165) is 16.8 Å². The Kier molecular flexibility index (Phi) is 7.22. The van der Waals surface area contributed by atoms with Crippen molar-refractivity contribution < 1.29 is 14.4 Å². The van der Waals surface area contributed by atoms with Crippen LogP contribution in [0.15, 0.2) is 84.0 Å². The van der Waals surface area contributed by atoms with E-state index in [-0.39, 0.29) is 24.3 Å². The van der Waals surface area contributed by atoms with Crippen molar-refractivity contribution in [1.82, 2.24) is 4.90 Å². The molecule has 1 heterocycles. The molecule has 0 aromatic heterocycles. The van der Waals surface area contributed by atoms with E-state index in [4.69, 9.17) is 10.6 Å². The Morgan fingerprint density at radius 2 is 1.68 bits per heavy atom. The maximum absolute atomic E-state index is 13.3. The van der Waals surface area contributed by atoms with Crippen molar-refractivity contribution in [3.63, 3.8) is 0 Å². The van der Waals surface area contributed by atoms with E-state index >= 15 is 0 Å². The van der Waals surface area contributed by atoms with E-state index in [2.05, 4.69) is 10.5 Å². The van der Waals surface area contributed by atoms with Crippen LogP contribution in [0.25, 0.3) is 11.1 Å². The Balaban J connectivity index is 1.44. The third-order valence-corrected chi connectivity index (χ3v) is 5.92. The van der Waals surface area contributed by atoms with Gasteiger partial charge in [0.25, 0.3) is 5.91 Å². The molecule has 3 aromatic carbocycles. The van der Waals surface area contributed by atoms with Crippen molar-refractivity contribution >= 4 is 28.9 Å². The first-order valence-electron chi connectivity index (χ1n) is 11.2. The summed E-state index contributed by atoms with van der Waals surface area (Å²) in [5.41, 5.74) is 10.6. The van der Waals surface area contributed by atoms with Crippen LogP contribution in [0.1, 0.15) is 29.6 Å². The minimum absolute atomic E-state index is 0.0846. The number of hydrogen-bond donors (Lipinski definition) is 2. The van der Waals surface area contributed by atoms with Crippen molar-refractivity contribution in [2.75, 3.05) is 24.7 Å². The summed E-state index contributed by atoms with van der Waals surface area (Å²) in [6.07, 6.45) is 1.34. The molecule has 3 aromatic rings. The Hall–Kier alpha value is -4.13. The maximum atomic E-state index is 13.3. The third-order valence-electron chi connectivity index (χ3n) is 5.92. The van der Waals surface area contributed by atoms with Crippen LogP contribution in [0.2, 0.25) is 0 Å². The second-order valence-electron chi connectivity index (χ2n) is 8.25. The quantitative estimate of drug-likeness (QED) is 0.402. The second-order valence-corrected chi connectivity index (χ2v) is 8.25. The molecule has 1 saturated heterocycles. The van der Waals surface area contributed by atoms with Gasteiger partial charge in [-0.2, -0.15) is 0 Å². The summed E-state index contributed by atoms with van der Waals surface area (Å²) in [6.45, 7) is 0.380. The number of likely N-dealkylation sites (tertiary alicyclic amines) is 1. The molecule has 7 nitrogen and oxygen atoms in total. The van der Waals surface area contributed by atoms with Crippen molar-refractivity contribution in [1.29, 1.82) is 0 Å². The van der Waals surface area contributed by atoms with Gasteiger partial charge in [-0.3, -0.25) is 9.59 Å². The highest BCUT2D eigenvalue weighted by atomic mass is 16.6. The molecule has 0 spiro atoms. The molecule has 34 heavy (non-hydrogen) atoms. The van der Waals surface area contributed by atoms with Gasteiger partial charge in [-0.15, -0.1) is 0 Å². The number of carbonyl (C=O) groups excluding carboxylic acids is 2. The summed E-state index contributed by atoms with van der Waals surface area (Å²) in [5.74, 6) is -0.228. The largest absolute Gasteiger partial charge is 0.399 e. The highest BCUT2D eigenvalue weighted by molar-refractivity contribution is 6.01. The molecule has 0 aliphatic carbocycles. The Labute approximate surface area is 199 Å². The zero-order chi connectivity index (χ0) is 23.9. The molecule has 2 amide bonds. The molecule has 4 rings (SSSR count). The fourth-order valence-electron chi connectivity index (χ4n) is 4.19. The van der Waals surface area contributed by atoms with Crippen molar-refractivity contribution in [2.24, 2.45) is 5.16 Å². The minimum atomic E-state index is -0.144. The van der Waals surface area contributed by atoms with Crippen molar-refractivity contribution in [3.8, 4) is 11.1 Å². The molecule has 1 aliphatic heterocycles. The normalized spacial score (nSPS) is 16.4. The van der Waals surface area contributed by atoms with Crippen LogP contribution >= 0.6 is 0 Å². The molecule has 1 aliphatic rings. The number of oxime groups is 1. The zero-order valence-corrected chi connectivity index (χ0v) is 19.1. The number of hydrogen-bond acceptors (Lipinski definition) is 5. The van der Waals surface area contributed by atoms with Gasteiger partial charge in [0.15, 0.2) is 0 Å². The predicted molar refractivity (Wildman–Crippen MR) is 134 cm³/mol. The lowest BCUT2D eigenvalue weighted by molar-refractivity contribution is -0.116. The first kappa shape index (κ1) is 23.0. The summed E-state index contributed by atoms with van der Waals surface area (Å²) < 4.78 is 0. The molecule has 1 atom stereocenters. The number of benzene rings is 3. The van der Waals surface area contributed by atoms with Gasteiger partial charge in [0.05, 0.1) is 23.6 Å². The van der Waals surface area contributed by atoms with Crippen LogP contribution in [-0.4, -0.2) is 42.1 Å². The molecular formula is C27H28N4O3. The van der Waals surface area contributed by atoms with Gasteiger partial charge in [0.2, 0.25) is 5.91 Å². The molecule has 1 fully saturated rings. The monoisotopic (exact) mass is 456 g/mol. The number of amides is 2. The van der Waals surface area contributed by atoms with E-state index < -0.39 is 0 Å². The lowest BCUT2D eigenvalue weighted by Crippen LogP contribution is -2.36. The summed E-state index contributed by atoms with van der Waals surface area (Å²) in [4.78, 5) is 32.6. The third kappa shape index (κ3) is 5.43. The van der Waals surface area contributed by atoms with Crippen LogP contribution < -0.4 is 11.1 Å². The van der Waals surface area contributed by atoms with Gasteiger partial charge in [-0.05, 0) is 41.8 Å². The summed E-state index contributed by atoms with van der Waals surface area (Å²) in [6, 6.07) is 24.6. The maximum Gasteiger partial charge on any atom is 0.254 e. The summed E-state index contributed by atoms with van der Waals surface area (Å²) >= 11 is 0. The lowest BCUT2D eigenvalue weighted by Gasteiger charge is -2.24. The number of nitrogens with one attached hydrogen (secondary N) is 1. The fourth-order valence-corrected chi connectivity index (χ4v) is 4.19. The predicted octanol–water partition coefficient (Wildman–Crippen LogP) is 4.57. The highest BCUT2D eigenvalue weighted by Gasteiger charge is 2.34. The number of anilines is 2. The topological polar surface area (TPSA) is 97.0 Å². The standard InChI is InChI=1S/C27H28N4O3/c1-34-30-22-17-23(15-16-26(32)29-25-10-6-5-9-24(25)28)31(18-22)27(33)21-13-11-20(12-14-21)19-7-3-2-4-8-19/h2-14,23H,15-18,28H2,1H3,(H,29,32)/t23-/m1/s1. The molecule has 174 valence electrons.